The van der Waals surface area contributed by atoms with Crippen molar-refractivity contribution in [1.29, 1.82) is 0 Å². The van der Waals surface area contributed by atoms with Gasteiger partial charge in [0.2, 0.25) is 0 Å². The first-order valence-electron chi connectivity index (χ1n) is 12.7. The highest BCUT2D eigenvalue weighted by Gasteiger charge is 2.42. The Labute approximate surface area is 221 Å². The molecule has 2 nitrogen and oxygen atoms in total. The van der Waals surface area contributed by atoms with E-state index in [0.717, 1.165) is 12.2 Å². The molecule has 0 N–H and O–H groups in total. The molecular weight excluding hydrogens is 537 g/mol. The van der Waals surface area contributed by atoms with Gasteiger partial charge in [-0.3, -0.25) is 9.69 Å². The molecule has 1 aromatic carbocycles. The largest absolute Gasteiger partial charge is 0.416 e. The van der Waals surface area contributed by atoms with Gasteiger partial charge in [-0.2, -0.15) is 39.5 Å². The van der Waals surface area contributed by atoms with E-state index in [2.05, 4.69) is 6.58 Å². The van der Waals surface area contributed by atoms with E-state index in [0.29, 0.717) is 37.5 Å². The lowest BCUT2D eigenvalue weighted by Gasteiger charge is -2.45. The number of hydrogen-bond donors (Lipinski definition) is 0. The van der Waals surface area contributed by atoms with Gasteiger partial charge in [-0.1, -0.05) is 31.2 Å². The second-order valence-corrected chi connectivity index (χ2v) is 10.1. The van der Waals surface area contributed by atoms with Crippen molar-refractivity contribution in [3.05, 3.63) is 71.3 Å². The molecule has 1 aliphatic carbocycles. The summed E-state index contributed by atoms with van der Waals surface area (Å²) in [5.41, 5.74) is -3.80. The minimum Gasteiger partial charge on any atom is -0.299 e. The van der Waals surface area contributed by atoms with Crippen LogP contribution in [0.1, 0.15) is 55.7 Å². The van der Waals surface area contributed by atoms with Crippen molar-refractivity contribution in [2.75, 3.05) is 6.54 Å². The van der Waals surface area contributed by atoms with Crippen LogP contribution in [0.3, 0.4) is 0 Å². The van der Waals surface area contributed by atoms with Gasteiger partial charge in [-0.05, 0) is 67.8 Å². The molecule has 3 rings (SSSR count). The summed E-state index contributed by atoms with van der Waals surface area (Å²) in [6.45, 7) is 5.12. The maximum Gasteiger partial charge on any atom is 0.416 e. The molecule has 0 radical (unpaired) electrons. The lowest BCUT2D eigenvalue weighted by molar-refractivity contribution is -0.142. The number of carbonyl (C=O) groups is 1. The third kappa shape index (κ3) is 7.55. The normalized spacial score (nSPS) is 23.8. The zero-order chi connectivity index (χ0) is 29.2. The van der Waals surface area contributed by atoms with Crippen LogP contribution >= 0.6 is 0 Å². The topological polar surface area (TPSA) is 20.3 Å². The first kappa shape index (κ1) is 31.0. The summed E-state index contributed by atoms with van der Waals surface area (Å²) in [5.74, 6) is -1.13. The zero-order valence-electron chi connectivity index (χ0n) is 21.3. The van der Waals surface area contributed by atoms with E-state index >= 15 is 0 Å². The molecule has 11 heteroatoms. The summed E-state index contributed by atoms with van der Waals surface area (Å²) in [6, 6.07) is 0.711. The average molecular weight is 568 g/mol. The van der Waals surface area contributed by atoms with Crippen molar-refractivity contribution >= 4 is 5.78 Å². The molecule has 1 aromatic rings. The van der Waals surface area contributed by atoms with Gasteiger partial charge in [0, 0.05) is 24.9 Å². The molecule has 0 amide bonds. The Hall–Kier alpha value is -2.56. The second kappa shape index (κ2) is 11.9. The summed E-state index contributed by atoms with van der Waals surface area (Å²) < 4.78 is 121. The number of halogens is 9. The standard InChI is InChI=1S/C28H30F9NO/c1-3-5-22(25(39)4-2)18-12-13-38(24(15-18)17-6-8-20(9-7-17)26(29,30)31)16-19-14-21(27(32,33)34)10-11-23(19)28(35,36)37/h3,6,8-11,14,17-18,22,24H,1,4-5,7,12-13,15-16H2,2H3/t17?,18-,22?,24+/m0/s1. The average Bonchev–Trinajstić information content (AvgIpc) is 2.85. The summed E-state index contributed by atoms with van der Waals surface area (Å²) in [7, 11) is 0. The molecular formula is C28H30F9NO. The van der Waals surface area contributed by atoms with Crippen molar-refractivity contribution in [3.63, 3.8) is 0 Å². The van der Waals surface area contributed by atoms with Gasteiger partial charge < -0.3 is 0 Å². The summed E-state index contributed by atoms with van der Waals surface area (Å²) >= 11 is 0. The Morgan fingerprint density at radius 2 is 1.77 bits per heavy atom. The number of hydrogen-bond acceptors (Lipinski definition) is 2. The summed E-state index contributed by atoms with van der Waals surface area (Å²) in [5, 5.41) is 0. The number of nitrogens with zero attached hydrogens (tertiary/aromatic N) is 1. The number of ketones is 1. The summed E-state index contributed by atoms with van der Waals surface area (Å²) in [6.07, 6.45) is -8.06. The third-order valence-electron chi connectivity index (χ3n) is 7.62. The molecule has 216 valence electrons. The van der Waals surface area contributed by atoms with Gasteiger partial charge >= 0.3 is 18.5 Å². The lowest BCUT2D eigenvalue weighted by Crippen LogP contribution is -2.48. The molecule has 1 saturated heterocycles. The molecule has 39 heavy (non-hydrogen) atoms. The van der Waals surface area contributed by atoms with E-state index in [1.165, 1.54) is 6.08 Å². The van der Waals surface area contributed by atoms with Crippen LogP contribution in [0.2, 0.25) is 0 Å². The van der Waals surface area contributed by atoms with E-state index < -0.39 is 65.2 Å². The van der Waals surface area contributed by atoms with Crippen molar-refractivity contribution < 1.29 is 44.3 Å². The Balaban J connectivity index is 1.98. The predicted molar refractivity (Wildman–Crippen MR) is 128 cm³/mol. The van der Waals surface area contributed by atoms with Crippen molar-refractivity contribution in [2.24, 2.45) is 17.8 Å². The quantitative estimate of drug-likeness (QED) is 0.232. The fraction of sp³-hybridized carbons (Fsp3) is 0.536. The Morgan fingerprint density at radius 3 is 2.28 bits per heavy atom. The molecule has 0 saturated carbocycles. The summed E-state index contributed by atoms with van der Waals surface area (Å²) in [4.78, 5) is 14.3. The first-order chi connectivity index (χ1) is 18.1. The van der Waals surface area contributed by atoms with Crippen LogP contribution < -0.4 is 0 Å². The smallest absolute Gasteiger partial charge is 0.299 e. The van der Waals surface area contributed by atoms with Gasteiger partial charge in [-0.15, -0.1) is 6.58 Å². The zero-order valence-corrected chi connectivity index (χ0v) is 21.3. The van der Waals surface area contributed by atoms with Crippen molar-refractivity contribution in [3.8, 4) is 0 Å². The van der Waals surface area contributed by atoms with E-state index in [1.54, 1.807) is 17.9 Å². The van der Waals surface area contributed by atoms with Gasteiger partial charge in [-0.25, -0.2) is 0 Å². The van der Waals surface area contributed by atoms with Crippen LogP contribution in [0, 0.1) is 17.8 Å². The van der Waals surface area contributed by atoms with Gasteiger partial charge in [0.05, 0.1) is 16.7 Å². The molecule has 0 spiro atoms. The van der Waals surface area contributed by atoms with Crippen LogP contribution in [0.25, 0.3) is 0 Å². The molecule has 2 unspecified atom stereocenters. The first-order valence-corrected chi connectivity index (χ1v) is 12.7. The van der Waals surface area contributed by atoms with Gasteiger partial charge in [0.15, 0.2) is 0 Å². The Kier molecular flexibility index (Phi) is 9.45. The molecule has 0 bridgehead atoms. The number of rotatable bonds is 8. The molecule has 1 fully saturated rings. The highest BCUT2D eigenvalue weighted by atomic mass is 19.4. The van der Waals surface area contributed by atoms with Crippen molar-refractivity contribution in [2.45, 2.75) is 70.1 Å². The molecule has 4 atom stereocenters. The maximum absolute atomic E-state index is 13.7. The third-order valence-corrected chi connectivity index (χ3v) is 7.62. The minimum atomic E-state index is -4.90. The molecule has 2 aliphatic rings. The molecule has 1 heterocycles. The SMILES string of the molecule is C=CCC(C(=O)CC)[C@H]1CCN(Cc2cc(C(F)(F)F)ccc2C(F)(F)F)[C@@H](C2C=CC(C(F)(F)F)=CC2)C1. The number of alkyl halides is 9. The van der Waals surface area contributed by atoms with Crippen LogP contribution in [0.5, 0.6) is 0 Å². The number of piperidine rings is 1. The number of Topliss-reactive ketones (excluding diaryl/α,β-unsaturated/α-hetero) is 1. The maximum atomic E-state index is 13.7. The highest BCUT2D eigenvalue weighted by Crippen LogP contribution is 2.42. The van der Waals surface area contributed by atoms with E-state index in [9.17, 15) is 44.3 Å². The Bertz CT molecular complexity index is 1100. The fourth-order valence-corrected chi connectivity index (χ4v) is 5.64. The second-order valence-electron chi connectivity index (χ2n) is 10.1. The Morgan fingerprint density at radius 1 is 1.08 bits per heavy atom. The van der Waals surface area contributed by atoms with E-state index in [4.69, 9.17) is 0 Å². The van der Waals surface area contributed by atoms with Crippen LogP contribution in [-0.2, 0) is 23.7 Å². The monoisotopic (exact) mass is 567 g/mol. The molecule has 1 aliphatic heterocycles. The van der Waals surface area contributed by atoms with Crippen molar-refractivity contribution in [1.82, 2.24) is 4.90 Å². The van der Waals surface area contributed by atoms with E-state index in [-0.39, 0.29) is 31.1 Å². The van der Waals surface area contributed by atoms with Gasteiger partial charge in [0.25, 0.3) is 0 Å². The minimum absolute atomic E-state index is 0.0113. The number of allylic oxidation sites excluding steroid dienone is 4. The predicted octanol–water partition coefficient (Wildman–Crippen LogP) is 8.54. The number of benzene rings is 1. The highest BCUT2D eigenvalue weighted by molar-refractivity contribution is 5.81. The van der Waals surface area contributed by atoms with Crippen LogP contribution in [-0.4, -0.2) is 29.4 Å². The fourth-order valence-electron chi connectivity index (χ4n) is 5.64. The van der Waals surface area contributed by atoms with E-state index in [1.807, 2.05) is 0 Å². The number of carbonyl (C=O) groups excluding carboxylic acids is 1. The molecule has 0 aromatic heterocycles. The van der Waals surface area contributed by atoms with Crippen LogP contribution in [0.4, 0.5) is 39.5 Å². The number of likely N-dealkylation sites (tertiary alicyclic amines) is 1. The van der Waals surface area contributed by atoms with Crippen LogP contribution in [0.15, 0.2) is 54.7 Å². The lowest BCUT2D eigenvalue weighted by atomic mass is 9.73. The van der Waals surface area contributed by atoms with Gasteiger partial charge in [0.1, 0.15) is 5.78 Å².